The summed E-state index contributed by atoms with van der Waals surface area (Å²) in [7, 11) is 1.59. The minimum atomic E-state index is -0.227. The fourth-order valence-electron chi connectivity index (χ4n) is 2.01. The number of hydrogen-bond donors (Lipinski definition) is 1. The van der Waals surface area contributed by atoms with Crippen molar-refractivity contribution < 1.29 is 9.53 Å². The van der Waals surface area contributed by atoms with Crippen molar-refractivity contribution >= 4 is 33.7 Å². The zero-order valence-electron chi connectivity index (χ0n) is 12.6. The molecule has 0 fully saturated rings. The number of amides is 1. The van der Waals surface area contributed by atoms with Gasteiger partial charge in [-0.3, -0.25) is 10.1 Å². The summed E-state index contributed by atoms with van der Waals surface area (Å²) < 4.78 is 5.00. The van der Waals surface area contributed by atoms with Gasteiger partial charge in [0.25, 0.3) is 5.91 Å². The van der Waals surface area contributed by atoms with E-state index < -0.39 is 0 Å². The van der Waals surface area contributed by atoms with Crippen LogP contribution in [0.3, 0.4) is 0 Å². The first-order valence-electron chi connectivity index (χ1n) is 6.83. The molecule has 0 radical (unpaired) electrons. The Morgan fingerprint density at radius 3 is 2.74 bits per heavy atom. The fourth-order valence-corrected chi connectivity index (χ4v) is 3.56. The number of nitrogens with zero attached hydrogens (tertiary/aromatic N) is 3. The summed E-state index contributed by atoms with van der Waals surface area (Å²) in [5, 5.41) is 12.7. The Labute approximate surface area is 141 Å². The number of nitrogens with one attached hydrogen (secondary N) is 1. The fraction of sp³-hybridized carbons (Fsp3) is 0.200. The van der Waals surface area contributed by atoms with Gasteiger partial charge in [-0.15, -0.1) is 21.5 Å². The van der Waals surface area contributed by atoms with E-state index in [1.807, 2.05) is 37.3 Å². The Kier molecular flexibility index (Phi) is 4.75. The summed E-state index contributed by atoms with van der Waals surface area (Å²) in [6, 6.07) is 9.65. The molecule has 2 aromatic heterocycles. The van der Waals surface area contributed by atoms with Crippen LogP contribution in [-0.4, -0.2) is 28.2 Å². The van der Waals surface area contributed by atoms with Crippen molar-refractivity contribution in [2.75, 3.05) is 12.4 Å². The standard InChI is InChI=1S/C15H14N4O2S2/c1-9-16-12(10-6-4-3-5-7-10)13(22-9)14(20)17-15-19-18-11(23-15)8-21-2/h3-7H,8H2,1-2H3,(H,17,19,20). The van der Waals surface area contributed by atoms with Gasteiger partial charge in [0.2, 0.25) is 5.13 Å². The van der Waals surface area contributed by atoms with E-state index in [0.717, 1.165) is 10.6 Å². The number of rotatable bonds is 5. The molecule has 2 heterocycles. The summed E-state index contributed by atoms with van der Waals surface area (Å²) in [6.45, 7) is 2.26. The molecule has 0 atom stereocenters. The molecule has 0 aliphatic heterocycles. The number of thiazole rings is 1. The van der Waals surface area contributed by atoms with Gasteiger partial charge in [0, 0.05) is 12.7 Å². The monoisotopic (exact) mass is 346 g/mol. The molecule has 118 valence electrons. The first kappa shape index (κ1) is 15.7. The number of carbonyl (C=O) groups excluding carboxylic acids is 1. The first-order chi connectivity index (χ1) is 11.2. The second kappa shape index (κ2) is 6.95. The molecule has 23 heavy (non-hydrogen) atoms. The van der Waals surface area contributed by atoms with Gasteiger partial charge < -0.3 is 4.74 Å². The molecule has 0 bridgehead atoms. The highest BCUT2D eigenvalue weighted by atomic mass is 32.1. The van der Waals surface area contributed by atoms with Crippen molar-refractivity contribution in [2.45, 2.75) is 13.5 Å². The van der Waals surface area contributed by atoms with Gasteiger partial charge in [0.1, 0.15) is 16.5 Å². The molecular formula is C15H14N4O2S2. The second-order valence-electron chi connectivity index (χ2n) is 4.66. The molecule has 3 rings (SSSR count). The molecule has 8 heteroatoms. The lowest BCUT2D eigenvalue weighted by atomic mass is 10.1. The van der Waals surface area contributed by atoms with Gasteiger partial charge in [0.15, 0.2) is 0 Å². The van der Waals surface area contributed by atoms with Gasteiger partial charge in [-0.1, -0.05) is 41.7 Å². The summed E-state index contributed by atoms with van der Waals surface area (Å²) in [5.41, 5.74) is 1.60. The van der Waals surface area contributed by atoms with E-state index in [1.54, 1.807) is 7.11 Å². The van der Waals surface area contributed by atoms with Gasteiger partial charge in [-0.2, -0.15) is 0 Å². The third-order valence-corrected chi connectivity index (χ3v) is 4.72. The average Bonchev–Trinajstić information content (AvgIpc) is 3.15. The van der Waals surface area contributed by atoms with E-state index in [1.165, 1.54) is 22.7 Å². The molecular weight excluding hydrogens is 332 g/mol. The molecule has 0 saturated carbocycles. The predicted molar refractivity (Wildman–Crippen MR) is 90.9 cm³/mol. The number of aromatic nitrogens is 3. The maximum absolute atomic E-state index is 12.6. The first-order valence-corrected chi connectivity index (χ1v) is 8.46. The van der Waals surface area contributed by atoms with E-state index in [4.69, 9.17) is 4.74 Å². The van der Waals surface area contributed by atoms with Crippen LogP contribution in [0.5, 0.6) is 0 Å². The van der Waals surface area contributed by atoms with Crippen LogP contribution in [0.1, 0.15) is 19.7 Å². The van der Waals surface area contributed by atoms with Crippen LogP contribution >= 0.6 is 22.7 Å². The van der Waals surface area contributed by atoms with Gasteiger partial charge in [-0.05, 0) is 6.92 Å². The zero-order chi connectivity index (χ0) is 16.2. The van der Waals surface area contributed by atoms with Gasteiger partial charge in [0.05, 0.1) is 10.7 Å². The maximum Gasteiger partial charge on any atom is 0.269 e. The van der Waals surface area contributed by atoms with E-state index in [-0.39, 0.29) is 5.91 Å². The van der Waals surface area contributed by atoms with Crippen LogP contribution in [0.15, 0.2) is 30.3 Å². The molecule has 1 amide bonds. The van der Waals surface area contributed by atoms with Crippen molar-refractivity contribution in [1.82, 2.24) is 15.2 Å². The van der Waals surface area contributed by atoms with Crippen LogP contribution in [0.4, 0.5) is 5.13 Å². The maximum atomic E-state index is 12.6. The third-order valence-electron chi connectivity index (χ3n) is 2.94. The molecule has 0 aliphatic rings. The van der Waals surface area contributed by atoms with Crippen molar-refractivity contribution in [2.24, 2.45) is 0 Å². The largest absolute Gasteiger partial charge is 0.377 e. The Morgan fingerprint density at radius 2 is 2.00 bits per heavy atom. The molecule has 3 aromatic rings. The van der Waals surface area contributed by atoms with E-state index in [9.17, 15) is 4.79 Å². The Hall–Kier alpha value is -2.16. The highest BCUT2D eigenvalue weighted by molar-refractivity contribution is 7.16. The molecule has 1 aromatic carbocycles. The zero-order valence-corrected chi connectivity index (χ0v) is 14.2. The quantitative estimate of drug-likeness (QED) is 0.766. The molecule has 0 aliphatic carbocycles. The Bertz CT molecular complexity index is 814. The highest BCUT2D eigenvalue weighted by Gasteiger charge is 2.19. The van der Waals surface area contributed by atoms with Crippen molar-refractivity contribution in [1.29, 1.82) is 0 Å². The molecule has 6 nitrogen and oxygen atoms in total. The average molecular weight is 346 g/mol. The molecule has 0 spiro atoms. The van der Waals surface area contributed by atoms with Crippen molar-refractivity contribution in [3.05, 3.63) is 45.2 Å². The lowest BCUT2D eigenvalue weighted by Crippen LogP contribution is -2.11. The summed E-state index contributed by atoms with van der Waals surface area (Å²) in [4.78, 5) is 17.6. The van der Waals surface area contributed by atoms with Gasteiger partial charge in [-0.25, -0.2) is 4.98 Å². The topological polar surface area (TPSA) is 77.0 Å². The highest BCUT2D eigenvalue weighted by Crippen LogP contribution is 2.29. The smallest absolute Gasteiger partial charge is 0.269 e. The number of anilines is 1. The normalized spacial score (nSPS) is 10.7. The van der Waals surface area contributed by atoms with E-state index >= 15 is 0 Å². The third kappa shape index (κ3) is 3.61. The lowest BCUT2D eigenvalue weighted by molar-refractivity contribution is 0.103. The van der Waals surface area contributed by atoms with Crippen LogP contribution < -0.4 is 5.32 Å². The second-order valence-corrected chi connectivity index (χ2v) is 6.93. The van der Waals surface area contributed by atoms with Crippen LogP contribution in [0.25, 0.3) is 11.3 Å². The molecule has 1 N–H and O–H groups in total. The number of methoxy groups -OCH3 is 1. The number of ether oxygens (including phenoxy) is 1. The van der Waals surface area contributed by atoms with Crippen LogP contribution in [-0.2, 0) is 11.3 Å². The van der Waals surface area contributed by atoms with Crippen LogP contribution in [0, 0.1) is 6.92 Å². The summed E-state index contributed by atoms with van der Waals surface area (Å²) in [6.07, 6.45) is 0. The number of aryl methyl sites for hydroxylation is 1. The minimum absolute atomic E-state index is 0.227. The Morgan fingerprint density at radius 1 is 1.22 bits per heavy atom. The lowest BCUT2D eigenvalue weighted by Gasteiger charge is -2.02. The van der Waals surface area contributed by atoms with Crippen molar-refractivity contribution in [3.63, 3.8) is 0 Å². The summed E-state index contributed by atoms with van der Waals surface area (Å²) in [5.74, 6) is -0.227. The number of benzene rings is 1. The van der Waals surface area contributed by atoms with E-state index in [2.05, 4.69) is 20.5 Å². The Balaban J connectivity index is 1.85. The summed E-state index contributed by atoms with van der Waals surface area (Å²) >= 11 is 2.66. The number of hydrogen-bond acceptors (Lipinski definition) is 7. The SMILES string of the molecule is COCc1nnc(NC(=O)c2sc(C)nc2-c2ccccc2)s1. The van der Waals surface area contributed by atoms with Crippen LogP contribution in [0.2, 0.25) is 0 Å². The van der Waals surface area contributed by atoms with Gasteiger partial charge >= 0.3 is 0 Å². The number of carbonyl (C=O) groups is 1. The minimum Gasteiger partial charge on any atom is -0.377 e. The molecule has 0 unspecified atom stereocenters. The molecule has 0 saturated heterocycles. The van der Waals surface area contributed by atoms with E-state index in [0.29, 0.717) is 27.3 Å². The predicted octanol–water partition coefficient (Wildman–Crippen LogP) is 3.37. The van der Waals surface area contributed by atoms with Crippen molar-refractivity contribution in [3.8, 4) is 11.3 Å².